The summed E-state index contributed by atoms with van der Waals surface area (Å²) in [4.78, 5) is 0. The number of benzene rings is 1. The zero-order valence-electron chi connectivity index (χ0n) is 19.0. The molecule has 0 aromatic heterocycles. The molecule has 1 nitrogen and oxygen atoms in total. The summed E-state index contributed by atoms with van der Waals surface area (Å²) in [5, 5.41) is 0. The summed E-state index contributed by atoms with van der Waals surface area (Å²) >= 11 is 0. The van der Waals surface area contributed by atoms with Gasteiger partial charge in [-0.2, -0.15) is 0 Å². The third-order valence-electron chi connectivity index (χ3n) is 4.57. The molecule has 1 aromatic carbocycles. The first-order valence-corrected chi connectivity index (χ1v) is 10.2. The Morgan fingerprint density at radius 2 is 1.62 bits per heavy atom. The minimum absolute atomic E-state index is 0.210. The molecular weight excluding hydrogens is 359 g/mol. The monoisotopic (exact) mass is 394 g/mol. The van der Waals surface area contributed by atoms with E-state index in [2.05, 4.69) is 0 Å². The summed E-state index contributed by atoms with van der Waals surface area (Å²) in [7, 11) is 0. The van der Waals surface area contributed by atoms with E-state index in [0.29, 0.717) is 12.2 Å². The highest BCUT2D eigenvalue weighted by Gasteiger charge is 2.11. The molecule has 0 bridgehead atoms. The van der Waals surface area contributed by atoms with E-state index in [1.54, 1.807) is 6.08 Å². The van der Waals surface area contributed by atoms with Crippen molar-refractivity contribution in [3.8, 4) is 0 Å². The maximum absolute atomic E-state index is 15.1. The van der Waals surface area contributed by atoms with Crippen LogP contribution in [0, 0.1) is 0 Å². The second kappa shape index (κ2) is 12.8. The molecule has 0 aliphatic heterocycles. The van der Waals surface area contributed by atoms with Gasteiger partial charge in [0.2, 0.25) is 0 Å². The molecule has 0 aliphatic rings. The van der Waals surface area contributed by atoms with Crippen molar-refractivity contribution in [3.05, 3.63) is 106 Å². The van der Waals surface area contributed by atoms with Crippen molar-refractivity contribution in [1.29, 1.82) is 0 Å². The van der Waals surface area contributed by atoms with Gasteiger partial charge in [-0.05, 0) is 82.9 Å². The van der Waals surface area contributed by atoms with Crippen LogP contribution >= 0.6 is 0 Å². The Morgan fingerprint density at radius 1 is 0.966 bits per heavy atom. The van der Waals surface area contributed by atoms with E-state index < -0.39 is 0 Å². The van der Waals surface area contributed by atoms with Crippen molar-refractivity contribution >= 4 is 0 Å². The van der Waals surface area contributed by atoms with Crippen molar-refractivity contribution in [2.24, 2.45) is 0 Å². The van der Waals surface area contributed by atoms with Crippen LogP contribution in [0.15, 0.2) is 100 Å². The van der Waals surface area contributed by atoms with Gasteiger partial charge in [-0.15, -0.1) is 0 Å². The molecule has 156 valence electrons. The second-order valence-electron chi connectivity index (χ2n) is 7.41. The zero-order chi connectivity index (χ0) is 21.8. The number of ether oxygens (including phenoxy) is 1. The van der Waals surface area contributed by atoms with Crippen LogP contribution < -0.4 is 0 Å². The van der Waals surface area contributed by atoms with E-state index >= 15 is 4.39 Å². The predicted molar refractivity (Wildman–Crippen MR) is 124 cm³/mol. The van der Waals surface area contributed by atoms with Gasteiger partial charge in [-0.1, -0.05) is 60.6 Å². The lowest BCUT2D eigenvalue weighted by molar-refractivity contribution is 0.210. The molecule has 0 heterocycles. The Hall–Kier alpha value is -2.61. The smallest absolute Gasteiger partial charge is 0.130 e. The van der Waals surface area contributed by atoms with E-state index in [9.17, 15) is 0 Å². The molecule has 2 heteroatoms. The van der Waals surface area contributed by atoms with Crippen LogP contribution in [0.25, 0.3) is 0 Å². The summed E-state index contributed by atoms with van der Waals surface area (Å²) in [6.45, 7) is 14.4. The average molecular weight is 395 g/mol. The second-order valence-corrected chi connectivity index (χ2v) is 7.41. The van der Waals surface area contributed by atoms with Crippen molar-refractivity contribution in [3.63, 3.8) is 0 Å². The summed E-state index contributed by atoms with van der Waals surface area (Å²) in [6, 6.07) is 10.0. The molecule has 0 saturated heterocycles. The number of hydrogen-bond acceptors (Lipinski definition) is 1. The molecule has 0 fully saturated rings. The zero-order valence-corrected chi connectivity index (χ0v) is 19.0. The normalized spacial score (nSPS) is 12.9. The Morgan fingerprint density at radius 3 is 2.14 bits per heavy atom. The fourth-order valence-electron chi connectivity index (χ4n) is 2.61. The minimum Gasteiger partial charge on any atom is -0.489 e. The fourth-order valence-corrected chi connectivity index (χ4v) is 2.61. The first-order valence-electron chi connectivity index (χ1n) is 10.2. The van der Waals surface area contributed by atoms with Crippen LogP contribution in [0.1, 0.15) is 60.5 Å². The molecule has 0 N–H and O–H groups in total. The van der Waals surface area contributed by atoms with Gasteiger partial charge in [0, 0.05) is 5.57 Å². The van der Waals surface area contributed by atoms with Gasteiger partial charge in [0.05, 0.1) is 0 Å². The number of allylic oxidation sites excluding steroid dienone is 11. The SMILES string of the molecule is C/C=C(\C=C/C(=C(C)C)C(=C/CC)/C(F)=C\C(C)=C(C)C)OCc1ccccc1. The van der Waals surface area contributed by atoms with Crippen LogP contribution in [0.4, 0.5) is 4.39 Å². The lowest BCUT2D eigenvalue weighted by Crippen LogP contribution is -1.95. The molecule has 0 amide bonds. The van der Waals surface area contributed by atoms with Gasteiger partial charge in [0.1, 0.15) is 18.2 Å². The molecule has 1 aromatic rings. The van der Waals surface area contributed by atoms with Gasteiger partial charge in [-0.3, -0.25) is 0 Å². The van der Waals surface area contributed by atoms with Crippen LogP contribution in [0.3, 0.4) is 0 Å². The summed E-state index contributed by atoms with van der Waals surface area (Å²) in [5.41, 5.74) is 5.73. The Balaban J connectivity index is 3.12. The van der Waals surface area contributed by atoms with Crippen LogP contribution in [0.5, 0.6) is 0 Å². The van der Waals surface area contributed by atoms with Crippen molar-refractivity contribution < 1.29 is 9.13 Å². The van der Waals surface area contributed by atoms with E-state index in [1.807, 2.05) is 103 Å². The lowest BCUT2D eigenvalue weighted by atomic mass is 9.97. The van der Waals surface area contributed by atoms with E-state index in [1.165, 1.54) is 0 Å². The minimum atomic E-state index is -0.210. The van der Waals surface area contributed by atoms with Crippen molar-refractivity contribution in [2.75, 3.05) is 0 Å². The number of rotatable bonds is 9. The largest absolute Gasteiger partial charge is 0.489 e. The number of halogens is 1. The van der Waals surface area contributed by atoms with Gasteiger partial charge < -0.3 is 4.74 Å². The molecule has 29 heavy (non-hydrogen) atoms. The topological polar surface area (TPSA) is 9.23 Å². The van der Waals surface area contributed by atoms with Gasteiger partial charge in [-0.25, -0.2) is 4.39 Å². The maximum Gasteiger partial charge on any atom is 0.130 e. The van der Waals surface area contributed by atoms with Crippen LogP contribution in [-0.4, -0.2) is 0 Å². The Labute approximate surface area is 176 Å². The fraction of sp³-hybridized carbons (Fsp3) is 0.333. The summed E-state index contributed by atoms with van der Waals surface area (Å²) in [5.74, 6) is 0.548. The molecular formula is C27H35FO. The molecule has 0 spiro atoms. The molecule has 0 aliphatic carbocycles. The number of hydrogen-bond donors (Lipinski definition) is 0. The van der Waals surface area contributed by atoms with Gasteiger partial charge >= 0.3 is 0 Å². The molecule has 0 saturated carbocycles. The highest BCUT2D eigenvalue weighted by molar-refractivity contribution is 5.53. The molecule has 0 radical (unpaired) electrons. The first-order chi connectivity index (χ1) is 13.8. The molecule has 1 rings (SSSR count). The highest BCUT2D eigenvalue weighted by atomic mass is 19.1. The van der Waals surface area contributed by atoms with Crippen LogP contribution in [-0.2, 0) is 11.3 Å². The first kappa shape index (κ1) is 24.4. The van der Waals surface area contributed by atoms with Gasteiger partial charge in [0.15, 0.2) is 0 Å². The van der Waals surface area contributed by atoms with E-state index in [0.717, 1.165) is 40.0 Å². The maximum atomic E-state index is 15.1. The van der Waals surface area contributed by atoms with Gasteiger partial charge in [0.25, 0.3) is 0 Å². The summed E-state index contributed by atoms with van der Waals surface area (Å²) in [6.07, 6.45) is 10.1. The van der Waals surface area contributed by atoms with E-state index in [4.69, 9.17) is 4.74 Å². The third-order valence-corrected chi connectivity index (χ3v) is 4.57. The van der Waals surface area contributed by atoms with Crippen molar-refractivity contribution in [1.82, 2.24) is 0 Å². The standard InChI is InChI=1S/C27H35FO/c1-8-13-26(27(28)18-22(7)20(3)4)25(21(5)6)17-16-24(9-2)29-19-23-14-11-10-12-15-23/h9-18H,8,19H2,1-7H3/b17-16-,24-9+,26-13-,27-18+. The Kier molecular flexibility index (Phi) is 10.8. The Bertz CT molecular complexity index is 838. The van der Waals surface area contributed by atoms with E-state index in [-0.39, 0.29) is 5.83 Å². The molecule has 0 unspecified atom stereocenters. The average Bonchev–Trinajstić information content (AvgIpc) is 2.69. The summed E-state index contributed by atoms with van der Waals surface area (Å²) < 4.78 is 21.0. The third kappa shape index (κ3) is 8.51. The predicted octanol–water partition coefficient (Wildman–Crippen LogP) is 8.55. The van der Waals surface area contributed by atoms with Crippen molar-refractivity contribution in [2.45, 2.75) is 61.5 Å². The highest BCUT2D eigenvalue weighted by Crippen LogP contribution is 2.27. The quantitative estimate of drug-likeness (QED) is 0.301. The molecule has 0 atom stereocenters. The van der Waals surface area contributed by atoms with Crippen LogP contribution in [0.2, 0.25) is 0 Å². The lowest BCUT2D eigenvalue weighted by Gasteiger charge is -2.12.